The Morgan fingerprint density at radius 2 is 2.08 bits per heavy atom. The number of fused-ring (bicyclic) bond motifs is 1. The summed E-state index contributed by atoms with van der Waals surface area (Å²) in [5.74, 6) is 0.432. The van der Waals surface area contributed by atoms with E-state index in [9.17, 15) is 5.11 Å². The molecule has 0 bridgehead atoms. The van der Waals surface area contributed by atoms with E-state index < -0.39 is 5.60 Å². The zero-order valence-corrected chi connectivity index (χ0v) is 8.42. The van der Waals surface area contributed by atoms with Gasteiger partial charge in [0.05, 0.1) is 5.60 Å². The zero-order chi connectivity index (χ0) is 9.53. The molecule has 0 aromatic heterocycles. The largest absolute Gasteiger partial charge is 0.396 e. The smallest absolute Gasteiger partial charge is 0.0729 e. The third-order valence-corrected chi connectivity index (χ3v) is 4.59. The molecule has 2 aliphatic rings. The number of hydrogen-bond acceptors (Lipinski definition) is 2. The molecule has 0 aliphatic heterocycles. The van der Waals surface area contributed by atoms with Gasteiger partial charge in [-0.2, -0.15) is 0 Å². The van der Waals surface area contributed by atoms with Gasteiger partial charge >= 0.3 is 0 Å². The summed E-state index contributed by atoms with van der Waals surface area (Å²) in [6, 6.07) is 0. The van der Waals surface area contributed by atoms with Crippen LogP contribution in [0.4, 0.5) is 0 Å². The third kappa shape index (κ3) is 1.08. The molecular weight excluding hydrogens is 164 g/mol. The van der Waals surface area contributed by atoms with Crippen LogP contribution in [0.25, 0.3) is 0 Å². The number of rotatable bonds is 2. The van der Waals surface area contributed by atoms with Crippen molar-refractivity contribution in [1.82, 2.24) is 0 Å². The van der Waals surface area contributed by atoms with Crippen molar-refractivity contribution in [3.05, 3.63) is 0 Å². The molecule has 1 unspecified atom stereocenters. The van der Waals surface area contributed by atoms with E-state index in [1.165, 1.54) is 0 Å². The van der Waals surface area contributed by atoms with Gasteiger partial charge in [-0.3, -0.25) is 0 Å². The highest BCUT2D eigenvalue weighted by Crippen LogP contribution is 2.61. The maximum Gasteiger partial charge on any atom is 0.0729 e. The van der Waals surface area contributed by atoms with Crippen LogP contribution < -0.4 is 0 Å². The number of aliphatic hydroxyl groups is 2. The molecule has 3 atom stereocenters. The van der Waals surface area contributed by atoms with Crippen molar-refractivity contribution in [2.45, 2.75) is 51.0 Å². The lowest BCUT2D eigenvalue weighted by Crippen LogP contribution is -2.43. The summed E-state index contributed by atoms with van der Waals surface area (Å²) in [6.45, 7) is 2.39. The van der Waals surface area contributed by atoms with Gasteiger partial charge in [-0.05, 0) is 44.4 Å². The second-order valence-corrected chi connectivity index (χ2v) is 4.97. The zero-order valence-electron chi connectivity index (χ0n) is 8.42. The van der Waals surface area contributed by atoms with E-state index in [-0.39, 0.29) is 12.0 Å². The lowest BCUT2D eigenvalue weighted by molar-refractivity contribution is -0.0734. The topological polar surface area (TPSA) is 40.5 Å². The summed E-state index contributed by atoms with van der Waals surface area (Å²) in [5.41, 5.74) is -0.378. The van der Waals surface area contributed by atoms with Crippen LogP contribution in [-0.4, -0.2) is 22.4 Å². The highest BCUT2D eigenvalue weighted by Gasteiger charge is 2.59. The standard InChI is InChI=1S/C11H20O2/c1-9-3-6-10(7-8-12)4-2-5-11(9,10)13/h9,12-13H,2-8H2,1H3/t9?,10-,11-/m0/s1. The average Bonchev–Trinajstić information content (AvgIpc) is 2.51. The molecular formula is C11H20O2. The van der Waals surface area contributed by atoms with Gasteiger partial charge in [-0.1, -0.05) is 6.92 Å². The van der Waals surface area contributed by atoms with Crippen LogP contribution in [-0.2, 0) is 0 Å². The fourth-order valence-corrected chi connectivity index (χ4v) is 3.70. The van der Waals surface area contributed by atoms with Gasteiger partial charge < -0.3 is 10.2 Å². The Kier molecular flexibility index (Phi) is 2.16. The van der Waals surface area contributed by atoms with E-state index in [0.717, 1.165) is 38.5 Å². The van der Waals surface area contributed by atoms with Crippen molar-refractivity contribution >= 4 is 0 Å². The first-order valence-corrected chi connectivity index (χ1v) is 5.48. The van der Waals surface area contributed by atoms with Crippen LogP contribution in [0.5, 0.6) is 0 Å². The molecule has 2 rings (SSSR count). The molecule has 2 aliphatic carbocycles. The van der Waals surface area contributed by atoms with E-state index in [0.29, 0.717) is 5.92 Å². The van der Waals surface area contributed by atoms with Crippen LogP contribution in [0.15, 0.2) is 0 Å². The summed E-state index contributed by atoms with van der Waals surface area (Å²) in [4.78, 5) is 0. The number of aliphatic hydroxyl groups excluding tert-OH is 1. The van der Waals surface area contributed by atoms with Crippen molar-refractivity contribution < 1.29 is 10.2 Å². The molecule has 0 aromatic carbocycles. The van der Waals surface area contributed by atoms with Gasteiger partial charge in [-0.25, -0.2) is 0 Å². The maximum absolute atomic E-state index is 10.6. The van der Waals surface area contributed by atoms with E-state index in [1.54, 1.807) is 0 Å². The normalized spacial score (nSPS) is 49.6. The van der Waals surface area contributed by atoms with E-state index in [2.05, 4.69) is 6.92 Å². The highest BCUT2D eigenvalue weighted by atomic mass is 16.3. The molecule has 13 heavy (non-hydrogen) atoms. The molecule has 2 saturated carbocycles. The third-order valence-electron chi connectivity index (χ3n) is 4.59. The lowest BCUT2D eigenvalue weighted by Gasteiger charge is -2.38. The van der Waals surface area contributed by atoms with Crippen LogP contribution in [0, 0.1) is 11.3 Å². The highest BCUT2D eigenvalue weighted by molar-refractivity contribution is 5.10. The summed E-state index contributed by atoms with van der Waals surface area (Å²) >= 11 is 0. The number of hydrogen-bond donors (Lipinski definition) is 2. The molecule has 0 heterocycles. The minimum Gasteiger partial charge on any atom is -0.396 e. The van der Waals surface area contributed by atoms with Gasteiger partial charge in [0.25, 0.3) is 0 Å². The minimum atomic E-state index is -0.449. The minimum absolute atomic E-state index is 0.0706. The second kappa shape index (κ2) is 2.96. The molecule has 0 saturated heterocycles. The van der Waals surface area contributed by atoms with Crippen molar-refractivity contribution in [2.24, 2.45) is 11.3 Å². The summed E-state index contributed by atoms with van der Waals surface area (Å²) in [5, 5.41) is 19.6. The van der Waals surface area contributed by atoms with E-state index in [1.807, 2.05) is 0 Å². The lowest BCUT2D eigenvalue weighted by atomic mass is 9.72. The van der Waals surface area contributed by atoms with Crippen LogP contribution in [0.3, 0.4) is 0 Å². The Hall–Kier alpha value is -0.0800. The molecule has 0 aromatic rings. The second-order valence-electron chi connectivity index (χ2n) is 4.97. The Labute approximate surface area is 80.0 Å². The monoisotopic (exact) mass is 184 g/mol. The van der Waals surface area contributed by atoms with Gasteiger partial charge in [0, 0.05) is 12.0 Å². The van der Waals surface area contributed by atoms with Crippen LogP contribution >= 0.6 is 0 Å². The SMILES string of the molecule is CC1CC[C@]2(CCO)CCC[C@]12O. The Bertz CT molecular complexity index is 200. The molecule has 0 spiro atoms. The van der Waals surface area contributed by atoms with Crippen LogP contribution in [0.2, 0.25) is 0 Å². The fourth-order valence-electron chi connectivity index (χ4n) is 3.70. The molecule has 2 N–H and O–H groups in total. The molecule has 0 amide bonds. The van der Waals surface area contributed by atoms with Crippen molar-refractivity contribution in [1.29, 1.82) is 0 Å². The summed E-state index contributed by atoms with van der Waals surface area (Å²) in [6.07, 6.45) is 6.26. The first kappa shape index (κ1) is 9.47. The molecule has 2 fully saturated rings. The predicted octanol–water partition coefficient (Wildman–Crippen LogP) is 1.70. The molecule has 2 heteroatoms. The van der Waals surface area contributed by atoms with Crippen molar-refractivity contribution in [2.75, 3.05) is 6.61 Å². The van der Waals surface area contributed by atoms with Gasteiger partial charge in [-0.15, -0.1) is 0 Å². The quantitative estimate of drug-likeness (QED) is 0.685. The molecule has 2 nitrogen and oxygen atoms in total. The van der Waals surface area contributed by atoms with E-state index in [4.69, 9.17) is 5.11 Å². The van der Waals surface area contributed by atoms with Gasteiger partial charge in [0.15, 0.2) is 0 Å². The predicted molar refractivity (Wildman–Crippen MR) is 51.3 cm³/mol. The van der Waals surface area contributed by atoms with Gasteiger partial charge in [0.2, 0.25) is 0 Å². The summed E-state index contributed by atoms with van der Waals surface area (Å²) < 4.78 is 0. The molecule has 76 valence electrons. The van der Waals surface area contributed by atoms with E-state index >= 15 is 0 Å². The summed E-state index contributed by atoms with van der Waals surface area (Å²) in [7, 11) is 0. The van der Waals surface area contributed by atoms with Crippen molar-refractivity contribution in [3.63, 3.8) is 0 Å². The Morgan fingerprint density at radius 1 is 1.31 bits per heavy atom. The average molecular weight is 184 g/mol. The molecule has 0 radical (unpaired) electrons. The Morgan fingerprint density at radius 3 is 2.77 bits per heavy atom. The van der Waals surface area contributed by atoms with Gasteiger partial charge in [0.1, 0.15) is 0 Å². The maximum atomic E-state index is 10.6. The van der Waals surface area contributed by atoms with Crippen LogP contribution in [0.1, 0.15) is 45.4 Å². The fraction of sp³-hybridized carbons (Fsp3) is 1.00. The first-order valence-electron chi connectivity index (χ1n) is 5.48. The van der Waals surface area contributed by atoms with Crippen molar-refractivity contribution in [3.8, 4) is 0 Å². The Balaban J connectivity index is 2.25. The first-order chi connectivity index (χ1) is 6.15.